The number of aliphatic carboxylic acids is 2. The number of thiazole rings is 2. The van der Waals surface area contributed by atoms with Gasteiger partial charge in [-0.3, -0.25) is 37.7 Å². The van der Waals surface area contributed by atoms with E-state index in [2.05, 4.69) is 83.7 Å². The second-order valence-corrected chi connectivity index (χ2v) is 39.4. The van der Waals surface area contributed by atoms with Crippen LogP contribution in [0.25, 0.3) is 22.1 Å². The molecule has 43 nitrogen and oxygen atoms in total. The molecule has 10 aromatic rings. The van der Waals surface area contributed by atoms with E-state index in [4.69, 9.17) is 90.1 Å². The maximum atomic E-state index is 14.4. The number of methoxy groups -OCH3 is 1. The summed E-state index contributed by atoms with van der Waals surface area (Å²) in [4.78, 5) is 145. The number of halogens is 3. The molecule has 0 radical (unpaired) electrons. The number of benzene rings is 4. The number of carbonyl (C=O) groups excluding carboxylic acids is 5. The van der Waals surface area contributed by atoms with Gasteiger partial charge < -0.3 is 110 Å². The van der Waals surface area contributed by atoms with Gasteiger partial charge in [-0.05, 0) is 108 Å². The number of nitrogen functional groups attached to an aromatic ring is 2. The number of morpholine rings is 1. The fourth-order valence-corrected chi connectivity index (χ4v) is 17.3. The van der Waals surface area contributed by atoms with E-state index in [0.29, 0.717) is 83.6 Å². The van der Waals surface area contributed by atoms with Crippen LogP contribution >= 0.6 is 53.6 Å². The number of rotatable bonds is 42. The Balaban J connectivity index is 0.000000249. The fourth-order valence-electron chi connectivity index (χ4n) is 13.8. The van der Waals surface area contributed by atoms with E-state index in [1.807, 2.05) is 74.7 Å². The predicted octanol–water partition coefficient (Wildman–Crippen LogP) is 13.6. The average Bonchev–Trinajstić information content (AvgIpc) is 0.835. The fraction of sp³-hybridized carbons (Fsp3) is 0.458. The summed E-state index contributed by atoms with van der Waals surface area (Å²) >= 11 is 10.3. The minimum absolute atomic E-state index is 0.0181. The first-order chi connectivity index (χ1) is 69.5. The van der Waals surface area contributed by atoms with Gasteiger partial charge in [-0.1, -0.05) is 125 Å². The van der Waals surface area contributed by atoms with Crippen molar-refractivity contribution in [3.63, 3.8) is 0 Å². The lowest BCUT2D eigenvalue weighted by atomic mass is 9.98. The standard InChI is InChI=1S/C28H43N5O3S.C23H23ClFNO5.C19H30N5O10P.C14H16N2O2S.C8H10FN3O3S.C4H4O4/c1-5-9-23(18-22-10-7-6-8-11-22)29-26(34)25(12-13-33-14-16-36-17-15-33)31-28(35)32(4)19-24-20-37-27(30-24)21(2)3;1-12(2)19(11-27)26-10-16(23(29)30)22(28)15-8-14(20(31-3)9-18(15)26)7-13-5-4-6-17(24)21(13)25;1-12(2)33-18(25)28-9-31-35(27,32-10-29-19(26)34-13(3)4)11-30-14(5)6-24-8-23-15-16(20)21-7-22-17(15)24;1-11(7-12-5-3-2-4-6-12)16-14(17)18-9-13-8-15-10-19-13;9-4-1-12(8(14)11-7(4)10)5-3-16-6(2-13)15-5;5-3(6)1-2-4(7)8/h6-8,10-11,20-21,23,25H,5,9,12-19H2,1-4H3,(H,29,34)(H,31,35);4-6,8-10,12,19,27H,7,11H2,1-3H3,(H,29,30);7-8,12-14H,6,9-11H2,1-5H3,(H2,20,21,22);2-6,8,10-11H,7,9H2,1H3,(H,16,17);1,5-6,13H,2-3H2,(H2,10,11,14);1-2H,(H,5,6)(H,7,8)/b;;;;;2-1+/t23-,25+;19-;14-;11-;5-,6+;/m11110./s1. The van der Waals surface area contributed by atoms with Gasteiger partial charge in [0.25, 0.3) is 0 Å². The molecular formula is C96H126ClF2N16O27PS3. The molecule has 50 heteroatoms. The third-order valence-corrected chi connectivity index (χ3v) is 25.8. The summed E-state index contributed by atoms with van der Waals surface area (Å²) in [6.45, 7) is 23.2. The molecule has 2 aliphatic heterocycles. The lowest BCUT2D eigenvalue weighted by molar-refractivity contribution is -0.134. The zero-order valence-corrected chi connectivity index (χ0v) is 87.0. The van der Waals surface area contributed by atoms with Gasteiger partial charge in [0.2, 0.25) is 24.9 Å². The zero-order valence-electron chi connectivity index (χ0n) is 82.9. The van der Waals surface area contributed by atoms with Crippen LogP contribution in [0.4, 0.5) is 39.6 Å². The molecule has 146 heavy (non-hydrogen) atoms. The molecule has 0 aliphatic carbocycles. The molecule has 0 bridgehead atoms. The number of thioether (sulfide) groups is 1. The van der Waals surface area contributed by atoms with E-state index in [1.165, 1.54) is 72.3 Å². The van der Waals surface area contributed by atoms with E-state index in [9.17, 15) is 71.5 Å². The molecular weight excluding hydrogens is 2010 g/mol. The summed E-state index contributed by atoms with van der Waals surface area (Å²) in [7, 11) is -0.855. The van der Waals surface area contributed by atoms with Gasteiger partial charge in [-0.15, -0.1) is 34.4 Å². The van der Waals surface area contributed by atoms with E-state index in [0.717, 1.165) is 71.7 Å². The first-order valence-corrected chi connectivity index (χ1v) is 51.0. The summed E-state index contributed by atoms with van der Waals surface area (Å²) < 4.78 is 101. The highest BCUT2D eigenvalue weighted by Crippen LogP contribution is 2.49. The first-order valence-electron chi connectivity index (χ1n) is 46.1. The Kier molecular flexibility index (Phi) is 50.8. The highest BCUT2D eigenvalue weighted by atomic mass is 35.5. The molecule has 2 fully saturated rings. The first kappa shape index (κ1) is 120. The minimum atomic E-state index is -4.06. The largest absolute Gasteiger partial charge is 0.510 e. The van der Waals surface area contributed by atoms with E-state index in [1.54, 1.807) is 96.9 Å². The van der Waals surface area contributed by atoms with Crippen LogP contribution in [0.2, 0.25) is 5.02 Å². The second kappa shape index (κ2) is 61.7. The minimum Gasteiger partial charge on any atom is -0.496 e. The lowest BCUT2D eigenvalue weighted by Gasteiger charge is -2.30. The van der Waals surface area contributed by atoms with Crippen molar-refractivity contribution in [1.29, 1.82) is 0 Å². The zero-order chi connectivity index (χ0) is 107. The number of aliphatic hydroxyl groups is 2. The number of anilines is 2. The second-order valence-electron chi connectivity index (χ2n) is 33.9. The summed E-state index contributed by atoms with van der Waals surface area (Å²) in [6, 6.07) is 26.8. The molecule has 12 N–H and O–H groups in total. The maximum Gasteiger partial charge on any atom is 0.510 e. The van der Waals surface area contributed by atoms with Crippen LogP contribution < -0.4 is 43.3 Å². The van der Waals surface area contributed by atoms with Crippen molar-refractivity contribution in [2.75, 3.05) is 97.4 Å². The molecule has 12 rings (SSSR count). The van der Waals surface area contributed by atoms with Crippen molar-refractivity contribution in [3.05, 3.63) is 226 Å². The van der Waals surface area contributed by atoms with E-state index in [-0.39, 0.29) is 79.0 Å². The molecule has 2 saturated heterocycles. The number of aromatic nitrogens is 9. The van der Waals surface area contributed by atoms with Crippen molar-refractivity contribution in [3.8, 4) is 5.75 Å². The third kappa shape index (κ3) is 41.0. The van der Waals surface area contributed by atoms with Gasteiger partial charge in [0.05, 0.1) is 115 Å². The number of nitrogens with one attached hydrogen (secondary N) is 3. The number of carboxylic acids is 3. The summed E-state index contributed by atoms with van der Waals surface area (Å²) in [6.07, 6.45) is 6.94. The smallest absolute Gasteiger partial charge is 0.496 e. The SMILES string of the molecule is CC(C)OC(=O)OCOP(=O)(CO[C@H](C)Cn1cnc2c(N)ncnc21)OCOC(=O)OC(C)C.CCC[C@H](Cc1ccccc1)NC(=O)[C@H](CCN1CCOCC1)NC(=O)N(C)Cc1csc(C(C)C)n1.COc1cc2c(cc1Cc1cccc(Cl)c1F)c(=O)c(C(=O)O)cn2[C@H](CO)C(C)C.C[C@H](Cc1ccccc1)NC(=O)OCc1cncs1.Nc1nc(=O)n([C@@H]2CS[C@H](CO)O2)cc1F.O=C(O)/C=C/C(=O)O. The molecule has 4 aromatic carbocycles. The van der Waals surface area contributed by atoms with E-state index < -0.39 is 140 Å². The van der Waals surface area contributed by atoms with Gasteiger partial charge in [0.1, 0.15) is 59.6 Å². The average molecular weight is 2140 g/mol. The highest BCUT2D eigenvalue weighted by molar-refractivity contribution is 8.00. The molecule has 4 amide bonds. The summed E-state index contributed by atoms with van der Waals surface area (Å²) in [5, 5.41) is 56.2. The van der Waals surface area contributed by atoms with Crippen LogP contribution in [0.3, 0.4) is 0 Å². The van der Waals surface area contributed by atoms with Crippen LogP contribution in [-0.2, 0) is 105 Å². The van der Waals surface area contributed by atoms with Gasteiger partial charge in [0, 0.05) is 98.2 Å². The Labute approximate surface area is 858 Å². The lowest BCUT2D eigenvalue weighted by Crippen LogP contribution is -2.53. The van der Waals surface area contributed by atoms with Gasteiger partial charge in [-0.25, -0.2) is 67.1 Å². The molecule has 8 heterocycles. The van der Waals surface area contributed by atoms with Crippen LogP contribution in [-0.4, -0.2) is 255 Å². The molecule has 6 aromatic heterocycles. The molecule has 0 saturated carbocycles. The van der Waals surface area contributed by atoms with E-state index >= 15 is 0 Å². The van der Waals surface area contributed by atoms with Crippen molar-refractivity contribution < 1.29 is 129 Å². The number of hydrogen-bond donors (Lipinski definition) is 10. The Morgan fingerprint density at radius 3 is 1.97 bits per heavy atom. The predicted molar refractivity (Wildman–Crippen MR) is 542 cm³/mol. The quantitative estimate of drug-likeness (QED) is 0.00558. The Bertz CT molecular complexity index is 6000. The summed E-state index contributed by atoms with van der Waals surface area (Å²) in [5.41, 5.74) is 16.0. The van der Waals surface area contributed by atoms with Crippen LogP contribution in [0.5, 0.6) is 5.75 Å². The number of aromatic carboxylic acids is 1. The number of carboxylic acid groups (broad SMARTS) is 3. The van der Waals surface area contributed by atoms with Crippen LogP contribution in [0.1, 0.15) is 162 Å². The van der Waals surface area contributed by atoms with Gasteiger partial charge >= 0.3 is 55.6 Å². The number of pyridine rings is 1. The number of nitrogens with zero attached hydrogens (tertiary/aromatic N) is 11. The molecule has 2 aliphatic rings. The molecule has 7 atom stereocenters. The van der Waals surface area contributed by atoms with Crippen molar-refractivity contribution in [1.82, 2.24) is 69.4 Å². The van der Waals surface area contributed by atoms with Crippen LogP contribution in [0.15, 0.2) is 155 Å². The number of hydrogen-bond acceptors (Lipinski definition) is 36. The Morgan fingerprint density at radius 1 is 0.760 bits per heavy atom. The number of fused-ring (bicyclic) bond motifs is 2. The summed E-state index contributed by atoms with van der Waals surface area (Å²) in [5.74, 6) is -4.34. The van der Waals surface area contributed by atoms with Crippen molar-refractivity contribution in [2.45, 2.75) is 194 Å². The monoisotopic (exact) mass is 2130 g/mol. The molecule has 796 valence electrons. The molecule has 0 spiro atoms. The normalized spacial score (nSPS) is 14.5. The number of nitrogens with two attached hydrogens (primary N) is 2. The number of ether oxygens (including phenoxy) is 9. The van der Waals surface area contributed by atoms with Gasteiger partial charge in [0.15, 0.2) is 23.1 Å². The highest BCUT2D eigenvalue weighted by Gasteiger charge is 2.33. The number of carbonyl (C=O) groups is 8. The van der Waals surface area contributed by atoms with Crippen molar-refractivity contribution >= 4 is 136 Å². The maximum absolute atomic E-state index is 14.4. The topological polar surface area (TPSA) is 577 Å². The Morgan fingerprint density at radius 2 is 1.40 bits per heavy atom. The van der Waals surface area contributed by atoms with Crippen molar-refractivity contribution in [2.24, 2.45) is 5.92 Å². The van der Waals surface area contributed by atoms with Crippen LogP contribution in [0, 0.1) is 17.6 Å². The number of imidazole rings is 1. The number of aliphatic hydroxyl groups excluding tert-OH is 2. The Hall–Kier alpha value is -12.7. The number of amides is 4. The third-order valence-electron chi connectivity index (χ3n) is 21.0. The number of alkyl carbamates (subject to hydrolysis) is 1. The molecule has 0 unspecified atom stereocenters. The van der Waals surface area contributed by atoms with Gasteiger partial charge in [-0.2, -0.15) is 4.98 Å². The number of urea groups is 1.